The number of thioether (sulfide) groups is 1. The number of anilines is 1. The molecule has 0 aliphatic heterocycles. The topological polar surface area (TPSA) is 129 Å². The first-order valence-electron chi connectivity index (χ1n) is 9.17. The molecule has 3 N–H and O–H groups in total. The Kier molecular flexibility index (Phi) is 7.13. The van der Waals surface area contributed by atoms with Crippen molar-refractivity contribution in [3.8, 4) is 10.7 Å². The number of primary amides is 1. The van der Waals surface area contributed by atoms with E-state index in [1.807, 2.05) is 35.9 Å². The minimum atomic E-state index is -0.673. The lowest BCUT2D eigenvalue weighted by Gasteiger charge is -2.13. The zero-order chi connectivity index (χ0) is 22.7. The van der Waals surface area contributed by atoms with E-state index in [1.54, 1.807) is 18.3 Å². The first kappa shape index (κ1) is 23.0. The quantitative estimate of drug-likeness (QED) is 0.373. The van der Waals surface area contributed by atoms with Gasteiger partial charge in [0.25, 0.3) is 5.91 Å². The van der Waals surface area contributed by atoms with E-state index in [2.05, 4.69) is 15.5 Å². The van der Waals surface area contributed by atoms with Gasteiger partial charge in [0.05, 0.1) is 28.2 Å². The summed E-state index contributed by atoms with van der Waals surface area (Å²) in [7, 11) is 1.23. The van der Waals surface area contributed by atoms with Crippen LogP contribution >= 0.6 is 34.4 Å². The summed E-state index contributed by atoms with van der Waals surface area (Å²) in [6.45, 7) is 5.63. The Bertz CT molecular complexity index is 1120. The van der Waals surface area contributed by atoms with Crippen molar-refractivity contribution < 1.29 is 19.1 Å². The Morgan fingerprint density at radius 1 is 1.32 bits per heavy atom. The molecule has 3 rings (SSSR count). The number of aromatic nitrogens is 3. The SMILES string of the molecule is COC(=O)c1c(NC(=O)CSc2nnc(-c3cccs3)n2C(C)C)sc(C(N)=O)c1C. The van der Waals surface area contributed by atoms with Crippen LogP contribution in [0, 0.1) is 6.92 Å². The molecule has 0 atom stereocenters. The number of nitrogens with two attached hydrogens (primary N) is 1. The Hall–Kier alpha value is -2.70. The average Bonchev–Trinajstić information content (AvgIpc) is 3.44. The highest BCUT2D eigenvalue weighted by molar-refractivity contribution is 7.99. The van der Waals surface area contributed by atoms with Crippen molar-refractivity contribution in [2.24, 2.45) is 5.73 Å². The van der Waals surface area contributed by atoms with Crippen molar-refractivity contribution in [2.75, 3.05) is 18.2 Å². The van der Waals surface area contributed by atoms with Crippen LogP contribution in [-0.4, -0.2) is 45.4 Å². The third kappa shape index (κ3) is 4.81. The van der Waals surface area contributed by atoms with E-state index < -0.39 is 11.9 Å². The summed E-state index contributed by atoms with van der Waals surface area (Å²) in [4.78, 5) is 37.6. The maximum absolute atomic E-state index is 12.6. The molecule has 31 heavy (non-hydrogen) atoms. The zero-order valence-electron chi connectivity index (χ0n) is 17.3. The van der Waals surface area contributed by atoms with Crippen molar-refractivity contribution in [3.05, 3.63) is 33.5 Å². The van der Waals surface area contributed by atoms with Gasteiger partial charge in [0.15, 0.2) is 11.0 Å². The van der Waals surface area contributed by atoms with Crippen LogP contribution in [-0.2, 0) is 9.53 Å². The van der Waals surface area contributed by atoms with Crippen LogP contribution in [0.1, 0.15) is 45.5 Å². The van der Waals surface area contributed by atoms with Crippen molar-refractivity contribution in [3.63, 3.8) is 0 Å². The molecule has 0 aliphatic carbocycles. The monoisotopic (exact) mass is 479 g/mol. The number of carbonyl (C=O) groups excluding carboxylic acids is 3. The molecule has 164 valence electrons. The number of hydrogen-bond acceptors (Lipinski definition) is 9. The van der Waals surface area contributed by atoms with E-state index >= 15 is 0 Å². The van der Waals surface area contributed by atoms with Crippen LogP contribution in [0.3, 0.4) is 0 Å². The van der Waals surface area contributed by atoms with Crippen LogP contribution in [0.15, 0.2) is 22.7 Å². The second kappa shape index (κ2) is 9.62. The number of esters is 1. The molecule has 0 aliphatic rings. The molecule has 3 aromatic heterocycles. The molecule has 3 heterocycles. The molecule has 0 aromatic carbocycles. The highest BCUT2D eigenvalue weighted by Crippen LogP contribution is 2.34. The summed E-state index contributed by atoms with van der Waals surface area (Å²) in [6, 6.07) is 4.02. The number of carbonyl (C=O) groups is 3. The van der Waals surface area contributed by atoms with Crippen LogP contribution in [0.25, 0.3) is 10.7 Å². The average molecular weight is 480 g/mol. The van der Waals surface area contributed by atoms with Gasteiger partial charge < -0.3 is 15.8 Å². The molecule has 0 saturated heterocycles. The number of nitrogens with one attached hydrogen (secondary N) is 1. The van der Waals surface area contributed by atoms with Crippen LogP contribution in [0.2, 0.25) is 0 Å². The molecule has 3 aromatic rings. The summed E-state index contributed by atoms with van der Waals surface area (Å²) in [5.74, 6) is -0.888. The van der Waals surface area contributed by atoms with Gasteiger partial charge in [-0.25, -0.2) is 4.79 Å². The van der Waals surface area contributed by atoms with Gasteiger partial charge in [0.1, 0.15) is 5.00 Å². The minimum absolute atomic E-state index is 0.0404. The number of methoxy groups -OCH3 is 1. The van der Waals surface area contributed by atoms with Gasteiger partial charge in [0.2, 0.25) is 5.91 Å². The van der Waals surface area contributed by atoms with E-state index in [9.17, 15) is 14.4 Å². The Balaban J connectivity index is 1.78. The van der Waals surface area contributed by atoms with Crippen molar-refractivity contribution in [1.29, 1.82) is 0 Å². The van der Waals surface area contributed by atoms with Crippen molar-refractivity contribution in [1.82, 2.24) is 14.8 Å². The highest BCUT2D eigenvalue weighted by atomic mass is 32.2. The maximum Gasteiger partial charge on any atom is 0.341 e. The van der Waals surface area contributed by atoms with E-state index in [1.165, 1.54) is 18.9 Å². The predicted molar refractivity (Wildman–Crippen MR) is 122 cm³/mol. The molecule has 2 amide bonds. The predicted octanol–water partition coefficient (Wildman–Crippen LogP) is 3.57. The number of amides is 2. The number of rotatable bonds is 8. The number of nitrogens with zero attached hydrogens (tertiary/aromatic N) is 3. The van der Waals surface area contributed by atoms with Crippen LogP contribution in [0.4, 0.5) is 5.00 Å². The fourth-order valence-corrected chi connectivity index (χ4v) is 5.53. The largest absolute Gasteiger partial charge is 0.465 e. The van der Waals surface area contributed by atoms with Gasteiger partial charge in [-0.3, -0.25) is 14.2 Å². The van der Waals surface area contributed by atoms with Crippen molar-refractivity contribution >= 4 is 57.2 Å². The molecular weight excluding hydrogens is 458 g/mol. The summed E-state index contributed by atoms with van der Waals surface area (Å²) < 4.78 is 6.76. The van der Waals surface area contributed by atoms with Crippen LogP contribution in [0.5, 0.6) is 0 Å². The fourth-order valence-electron chi connectivity index (χ4n) is 2.89. The molecule has 0 radical (unpaired) electrons. The van der Waals surface area contributed by atoms with Gasteiger partial charge in [-0.05, 0) is 37.8 Å². The lowest BCUT2D eigenvalue weighted by molar-refractivity contribution is -0.113. The van der Waals surface area contributed by atoms with Gasteiger partial charge in [-0.15, -0.1) is 32.9 Å². The third-order valence-corrected chi connectivity index (χ3v) is 7.30. The molecule has 0 unspecified atom stereocenters. The fraction of sp³-hybridized carbons (Fsp3) is 0.316. The number of ether oxygens (including phenoxy) is 1. The molecule has 0 saturated carbocycles. The third-order valence-electron chi connectivity index (χ3n) is 4.27. The Morgan fingerprint density at radius 3 is 2.65 bits per heavy atom. The molecule has 0 spiro atoms. The first-order chi connectivity index (χ1) is 14.7. The van der Waals surface area contributed by atoms with Gasteiger partial charge in [-0.2, -0.15) is 0 Å². The highest BCUT2D eigenvalue weighted by Gasteiger charge is 2.26. The maximum atomic E-state index is 12.6. The van der Waals surface area contributed by atoms with Crippen molar-refractivity contribution in [2.45, 2.75) is 32.0 Å². The summed E-state index contributed by atoms with van der Waals surface area (Å²) in [6.07, 6.45) is 0. The molecule has 12 heteroatoms. The summed E-state index contributed by atoms with van der Waals surface area (Å²) in [5.41, 5.74) is 5.89. The number of hydrogen-bond donors (Lipinski definition) is 2. The second-order valence-electron chi connectivity index (χ2n) is 6.70. The normalized spacial score (nSPS) is 11.0. The summed E-state index contributed by atoms with van der Waals surface area (Å²) in [5, 5.41) is 14.0. The smallest absolute Gasteiger partial charge is 0.341 e. The zero-order valence-corrected chi connectivity index (χ0v) is 19.7. The van der Waals surface area contributed by atoms with Gasteiger partial charge >= 0.3 is 5.97 Å². The number of thiophene rings is 2. The minimum Gasteiger partial charge on any atom is -0.465 e. The van der Waals surface area contributed by atoms with Gasteiger partial charge in [-0.1, -0.05) is 17.8 Å². The Labute approximate surface area is 191 Å². The van der Waals surface area contributed by atoms with Crippen LogP contribution < -0.4 is 11.1 Å². The lowest BCUT2D eigenvalue weighted by atomic mass is 10.1. The second-order valence-corrected chi connectivity index (χ2v) is 9.61. The van der Waals surface area contributed by atoms with E-state index in [-0.39, 0.29) is 33.1 Å². The van der Waals surface area contributed by atoms with Gasteiger partial charge in [0, 0.05) is 6.04 Å². The lowest BCUT2D eigenvalue weighted by Crippen LogP contribution is -2.16. The summed E-state index contributed by atoms with van der Waals surface area (Å²) >= 11 is 3.75. The van der Waals surface area contributed by atoms with E-state index in [4.69, 9.17) is 10.5 Å². The molecule has 9 nitrogen and oxygen atoms in total. The van der Waals surface area contributed by atoms with E-state index in [0.717, 1.165) is 22.0 Å². The molecular formula is C19H21N5O4S3. The molecule has 0 fully saturated rings. The Morgan fingerprint density at radius 2 is 2.06 bits per heavy atom. The first-order valence-corrected chi connectivity index (χ1v) is 11.9. The van der Waals surface area contributed by atoms with E-state index in [0.29, 0.717) is 10.7 Å². The molecule has 0 bridgehead atoms. The standard InChI is InChI=1S/C19H21N5O4S3/c1-9(2)24-16(11-6-5-7-29-11)22-23-19(24)30-8-12(25)21-17-13(18(27)28-4)10(3)14(31-17)15(20)26/h5-7,9H,8H2,1-4H3,(H2,20,26)(H,21,25).